The van der Waals surface area contributed by atoms with Crippen molar-refractivity contribution in [3.8, 4) is 0 Å². The summed E-state index contributed by atoms with van der Waals surface area (Å²) in [5, 5.41) is 13.8. The Labute approximate surface area is 172 Å². The number of aliphatic imine (C=N–C) groups is 1. The van der Waals surface area contributed by atoms with Crippen molar-refractivity contribution >= 4 is 17.3 Å². The third-order valence-electron chi connectivity index (χ3n) is 5.38. The van der Waals surface area contributed by atoms with Gasteiger partial charge in [0.2, 0.25) is 5.78 Å². The third-order valence-corrected chi connectivity index (χ3v) is 5.38. The van der Waals surface area contributed by atoms with Gasteiger partial charge in [-0.25, -0.2) is 9.98 Å². The van der Waals surface area contributed by atoms with Crippen molar-refractivity contribution < 1.29 is 5.11 Å². The number of hydrogen-bond donors (Lipinski definition) is 1. The van der Waals surface area contributed by atoms with Gasteiger partial charge in [0.05, 0.1) is 30.6 Å². The van der Waals surface area contributed by atoms with E-state index in [1.807, 2.05) is 52.7 Å². The molecule has 152 valence electrons. The van der Waals surface area contributed by atoms with Crippen LogP contribution in [0.2, 0.25) is 0 Å². The van der Waals surface area contributed by atoms with E-state index >= 15 is 0 Å². The molecular formula is C22H22N6O2. The molecule has 0 atom stereocenters. The summed E-state index contributed by atoms with van der Waals surface area (Å²) in [5.74, 6) is 1.29. The fourth-order valence-corrected chi connectivity index (χ4v) is 3.97. The Hall–Kier alpha value is -3.52. The molecule has 1 N–H and O–H groups in total. The molecule has 0 saturated heterocycles. The molecule has 0 unspecified atom stereocenters. The average Bonchev–Trinajstić information content (AvgIpc) is 3.49. The zero-order valence-electron chi connectivity index (χ0n) is 16.7. The SMILES string of the molecule is CCCn1c(=O)c2c(n3ccnc13)N=C(c1cnn(Cc3cccc(CO)c3)c1)C2. The minimum absolute atomic E-state index is 0.0162. The maximum absolute atomic E-state index is 13.0. The summed E-state index contributed by atoms with van der Waals surface area (Å²) in [7, 11) is 0. The number of imidazole rings is 1. The first-order chi connectivity index (χ1) is 14.7. The minimum Gasteiger partial charge on any atom is -0.392 e. The predicted molar refractivity (Wildman–Crippen MR) is 113 cm³/mol. The van der Waals surface area contributed by atoms with E-state index in [-0.39, 0.29) is 12.2 Å². The molecule has 4 heterocycles. The first-order valence-electron chi connectivity index (χ1n) is 10.1. The van der Waals surface area contributed by atoms with E-state index in [2.05, 4.69) is 10.1 Å². The summed E-state index contributed by atoms with van der Waals surface area (Å²) in [4.78, 5) is 22.2. The molecule has 30 heavy (non-hydrogen) atoms. The van der Waals surface area contributed by atoms with E-state index in [9.17, 15) is 9.90 Å². The van der Waals surface area contributed by atoms with Crippen LogP contribution in [-0.2, 0) is 26.1 Å². The highest BCUT2D eigenvalue weighted by molar-refractivity contribution is 6.05. The average molecular weight is 402 g/mol. The number of hydrogen-bond acceptors (Lipinski definition) is 5. The maximum Gasteiger partial charge on any atom is 0.260 e. The first-order valence-corrected chi connectivity index (χ1v) is 10.1. The van der Waals surface area contributed by atoms with E-state index in [0.717, 1.165) is 28.8 Å². The van der Waals surface area contributed by atoms with Crippen LogP contribution in [0.25, 0.3) is 5.78 Å². The second-order valence-electron chi connectivity index (χ2n) is 7.50. The van der Waals surface area contributed by atoms with Crippen LogP contribution in [0.15, 0.2) is 58.8 Å². The molecule has 1 aromatic carbocycles. The van der Waals surface area contributed by atoms with Gasteiger partial charge in [0, 0.05) is 37.1 Å². The number of rotatable bonds is 6. The molecular weight excluding hydrogens is 380 g/mol. The van der Waals surface area contributed by atoms with Crippen molar-refractivity contribution in [2.45, 2.75) is 39.5 Å². The monoisotopic (exact) mass is 402 g/mol. The van der Waals surface area contributed by atoms with Crippen molar-refractivity contribution in [1.82, 2.24) is 23.7 Å². The topological polar surface area (TPSA) is 89.7 Å². The molecule has 0 amide bonds. The fraction of sp³-hybridized carbons (Fsp3) is 0.273. The Bertz CT molecular complexity index is 1330. The second kappa shape index (κ2) is 7.38. The lowest BCUT2D eigenvalue weighted by atomic mass is 10.1. The predicted octanol–water partition coefficient (Wildman–Crippen LogP) is 2.32. The van der Waals surface area contributed by atoms with Crippen LogP contribution < -0.4 is 5.56 Å². The van der Waals surface area contributed by atoms with Gasteiger partial charge in [-0.2, -0.15) is 5.10 Å². The van der Waals surface area contributed by atoms with Gasteiger partial charge in [0.25, 0.3) is 5.56 Å². The van der Waals surface area contributed by atoms with Crippen molar-refractivity contribution in [2.24, 2.45) is 4.99 Å². The van der Waals surface area contributed by atoms with Gasteiger partial charge >= 0.3 is 0 Å². The van der Waals surface area contributed by atoms with Crippen molar-refractivity contribution in [1.29, 1.82) is 0 Å². The van der Waals surface area contributed by atoms with Gasteiger partial charge in [-0.15, -0.1) is 0 Å². The molecule has 4 aromatic rings. The highest BCUT2D eigenvalue weighted by Crippen LogP contribution is 2.27. The summed E-state index contributed by atoms with van der Waals surface area (Å²) in [6.07, 6.45) is 8.64. The molecule has 1 aliphatic heterocycles. The Morgan fingerprint density at radius 2 is 2.10 bits per heavy atom. The fourth-order valence-electron chi connectivity index (χ4n) is 3.97. The number of nitrogens with zero attached hydrogens (tertiary/aromatic N) is 6. The van der Waals surface area contributed by atoms with Crippen LogP contribution >= 0.6 is 0 Å². The van der Waals surface area contributed by atoms with Crippen LogP contribution in [0.5, 0.6) is 0 Å². The largest absolute Gasteiger partial charge is 0.392 e. The molecule has 0 radical (unpaired) electrons. The van der Waals surface area contributed by atoms with Crippen LogP contribution in [-0.4, -0.2) is 34.6 Å². The van der Waals surface area contributed by atoms with E-state index in [4.69, 9.17) is 4.99 Å². The lowest BCUT2D eigenvalue weighted by Gasteiger charge is -2.09. The highest BCUT2D eigenvalue weighted by Gasteiger charge is 2.25. The molecule has 8 heteroatoms. The van der Waals surface area contributed by atoms with Crippen molar-refractivity contribution in [3.05, 3.63) is 81.7 Å². The number of aliphatic hydroxyl groups excluding tert-OH is 1. The number of aryl methyl sites for hydroxylation is 1. The minimum atomic E-state index is -0.0162. The molecule has 8 nitrogen and oxygen atoms in total. The molecule has 5 rings (SSSR count). The van der Waals surface area contributed by atoms with E-state index in [0.29, 0.717) is 36.7 Å². The van der Waals surface area contributed by atoms with Gasteiger partial charge in [0.15, 0.2) is 0 Å². The number of aliphatic hydroxyl groups is 1. The van der Waals surface area contributed by atoms with Crippen LogP contribution in [0.3, 0.4) is 0 Å². The molecule has 0 saturated carbocycles. The lowest BCUT2D eigenvalue weighted by molar-refractivity contribution is 0.281. The van der Waals surface area contributed by atoms with E-state index in [1.165, 1.54) is 0 Å². The molecule has 1 aliphatic rings. The lowest BCUT2D eigenvalue weighted by Crippen LogP contribution is -2.26. The van der Waals surface area contributed by atoms with E-state index in [1.54, 1.807) is 17.0 Å². The highest BCUT2D eigenvalue weighted by atomic mass is 16.3. The normalized spacial score (nSPS) is 13.1. The summed E-state index contributed by atoms with van der Waals surface area (Å²) in [6, 6.07) is 7.80. The van der Waals surface area contributed by atoms with Gasteiger partial charge in [-0.05, 0) is 17.5 Å². The van der Waals surface area contributed by atoms with Crippen LogP contribution in [0.1, 0.15) is 35.6 Å². The van der Waals surface area contributed by atoms with E-state index < -0.39 is 0 Å². The zero-order chi connectivity index (χ0) is 20.7. The Morgan fingerprint density at radius 3 is 2.93 bits per heavy atom. The maximum atomic E-state index is 13.0. The molecule has 0 spiro atoms. The second-order valence-corrected chi connectivity index (χ2v) is 7.50. The van der Waals surface area contributed by atoms with Gasteiger partial charge in [-0.3, -0.25) is 18.4 Å². The quantitative estimate of drug-likeness (QED) is 0.536. The van der Waals surface area contributed by atoms with Crippen molar-refractivity contribution in [3.63, 3.8) is 0 Å². The van der Waals surface area contributed by atoms with Gasteiger partial charge < -0.3 is 5.11 Å². The number of aromatic nitrogens is 5. The Balaban J connectivity index is 1.47. The summed E-state index contributed by atoms with van der Waals surface area (Å²) in [5.41, 5.74) is 4.37. The standard InChI is InChI=1S/C22H22N6O2/c1-2-7-28-21(30)18-10-19(25-20(18)27-8-6-23-22(27)28)17-11-24-26(13-17)12-15-4-3-5-16(9-15)14-29/h3-6,8-9,11,13,29H,2,7,10,12,14H2,1H3. The summed E-state index contributed by atoms with van der Waals surface area (Å²) < 4.78 is 5.47. The zero-order valence-corrected chi connectivity index (χ0v) is 16.7. The molecule has 3 aromatic heterocycles. The smallest absolute Gasteiger partial charge is 0.260 e. The molecule has 0 bridgehead atoms. The molecule has 0 fully saturated rings. The van der Waals surface area contributed by atoms with Gasteiger partial charge in [0.1, 0.15) is 5.82 Å². The first kappa shape index (κ1) is 18.5. The summed E-state index contributed by atoms with van der Waals surface area (Å²) in [6.45, 7) is 3.30. The number of benzene rings is 1. The molecule has 0 aliphatic carbocycles. The van der Waals surface area contributed by atoms with Crippen LogP contribution in [0, 0.1) is 0 Å². The summed E-state index contributed by atoms with van der Waals surface area (Å²) >= 11 is 0. The van der Waals surface area contributed by atoms with Crippen LogP contribution in [0.4, 0.5) is 5.82 Å². The Morgan fingerprint density at radius 1 is 1.23 bits per heavy atom. The third kappa shape index (κ3) is 3.05. The van der Waals surface area contributed by atoms with Gasteiger partial charge in [-0.1, -0.05) is 31.2 Å². The Kier molecular flexibility index (Phi) is 4.55. The number of fused-ring (bicyclic) bond motifs is 3. The van der Waals surface area contributed by atoms with Crippen molar-refractivity contribution in [2.75, 3.05) is 0 Å².